The van der Waals surface area contributed by atoms with E-state index in [1.165, 1.54) is 14.2 Å². The zero-order valence-electron chi connectivity index (χ0n) is 9.87. The van der Waals surface area contributed by atoms with Crippen molar-refractivity contribution in [1.29, 1.82) is 5.26 Å². The van der Waals surface area contributed by atoms with Crippen LogP contribution in [0.1, 0.15) is 25.0 Å². The molecule has 0 atom stereocenters. The van der Waals surface area contributed by atoms with Gasteiger partial charge in [-0.25, -0.2) is 0 Å². The van der Waals surface area contributed by atoms with Crippen molar-refractivity contribution in [3.8, 4) is 17.6 Å². The monoisotopic (exact) mass is 221 g/mol. The molecule has 0 fully saturated rings. The lowest BCUT2D eigenvalue weighted by Crippen LogP contribution is -2.17. The van der Waals surface area contributed by atoms with Gasteiger partial charge in [-0.2, -0.15) is 5.26 Å². The summed E-state index contributed by atoms with van der Waals surface area (Å²) in [6.07, 6.45) is 0. The van der Waals surface area contributed by atoms with Crippen LogP contribution in [0.15, 0.2) is 12.1 Å². The minimum Gasteiger partial charge on any atom is -0.493 e. The highest BCUT2D eigenvalue weighted by molar-refractivity contribution is 5.54. The number of benzene rings is 1. The Balaban J connectivity index is 3.51. The summed E-state index contributed by atoms with van der Waals surface area (Å²) in [6.45, 7) is 3.26. The summed E-state index contributed by atoms with van der Waals surface area (Å²) in [7, 11) is 2.99. The molecule has 0 aliphatic carbocycles. The van der Waals surface area contributed by atoms with Crippen LogP contribution >= 0.6 is 0 Å². The maximum Gasteiger partial charge on any atom is 0.166 e. The van der Waals surface area contributed by atoms with Gasteiger partial charge in [0.1, 0.15) is 0 Å². The van der Waals surface area contributed by atoms with Crippen LogP contribution in [0.25, 0.3) is 0 Å². The van der Waals surface area contributed by atoms with Crippen molar-refractivity contribution >= 4 is 0 Å². The van der Waals surface area contributed by atoms with Gasteiger partial charge < -0.3 is 14.6 Å². The SMILES string of the molecule is COc1cc(C#N)cc(C(C)(C)O)c1OC. The number of hydrogen-bond acceptors (Lipinski definition) is 4. The highest BCUT2D eigenvalue weighted by atomic mass is 16.5. The van der Waals surface area contributed by atoms with Crippen LogP contribution < -0.4 is 9.47 Å². The molecular weight excluding hydrogens is 206 g/mol. The van der Waals surface area contributed by atoms with Crippen molar-refractivity contribution in [2.75, 3.05) is 14.2 Å². The van der Waals surface area contributed by atoms with Gasteiger partial charge in [0, 0.05) is 11.6 Å². The average molecular weight is 221 g/mol. The van der Waals surface area contributed by atoms with Gasteiger partial charge in [0.25, 0.3) is 0 Å². The molecule has 0 aromatic heterocycles. The Morgan fingerprint density at radius 2 is 1.88 bits per heavy atom. The lowest BCUT2D eigenvalue weighted by Gasteiger charge is -2.22. The van der Waals surface area contributed by atoms with Gasteiger partial charge in [-0.3, -0.25) is 0 Å². The molecule has 1 aromatic rings. The molecule has 0 unspecified atom stereocenters. The van der Waals surface area contributed by atoms with Crippen molar-refractivity contribution in [3.05, 3.63) is 23.3 Å². The third-order valence-electron chi connectivity index (χ3n) is 2.27. The van der Waals surface area contributed by atoms with Gasteiger partial charge >= 0.3 is 0 Å². The molecule has 0 spiro atoms. The van der Waals surface area contributed by atoms with E-state index in [-0.39, 0.29) is 0 Å². The second-order valence-electron chi connectivity index (χ2n) is 3.93. The molecule has 1 N–H and O–H groups in total. The van der Waals surface area contributed by atoms with Crippen LogP contribution in [-0.4, -0.2) is 19.3 Å². The zero-order valence-corrected chi connectivity index (χ0v) is 9.87. The number of nitrogens with zero attached hydrogens (tertiary/aromatic N) is 1. The molecule has 4 nitrogen and oxygen atoms in total. The van der Waals surface area contributed by atoms with Gasteiger partial charge in [-0.1, -0.05) is 0 Å². The van der Waals surface area contributed by atoms with E-state index in [9.17, 15) is 5.11 Å². The second-order valence-corrected chi connectivity index (χ2v) is 3.93. The molecule has 0 saturated carbocycles. The number of hydrogen-bond donors (Lipinski definition) is 1. The van der Waals surface area contributed by atoms with Gasteiger partial charge in [-0.05, 0) is 19.9 Å². The van der Waals surface area contributed by atoms with Gasteiger partial charge in [0.05, 0.1) is 31.5 Å². The van der Waals surface area contributed by atoms with E-state index < -0.39 is 5.60 Å². The van der Waals surface area contributed by atoms with E-state index in [0.717, 1.165) is 0 Å². The Morgan fingerprint density at radius 3 is 2.25 bits per heavy atom. The van der Waals surface area contributed by atoms with Crippen LogP contribution in [0, 0.1) is 11.3 Å². The Hall–Kier alpha value is -1.73. The topological polar surface area (TPSA) is 62.5 Å². The first-order valence-corrected chi connectivity index (χ1v) is 4.83. The fourth-order valence-electron chi connectivity index (χ4n) is 1.48. The van der Waals surface area contributed by atoms with Crippen molar-refractivity contribution in [2.45, 2.75) is 19.4 Å². The van der Waals surface area contributed by atoms with E-state index in [1.807, 2.05) is 6.07 Å². The first-order chi connectivity index (χ1) is 7.43. The first kappa shape index (κ1) is 12.3. The van der Waals surface area contributed by atoms with Crippen LogP contribution in [0.5, 0.6) is 11.5 Å². The molecule has 0 heterocycles. The summed E-state index contributed by atoms with van der Waals surface area (Å²) >= 11 is 0. The smallest absolute Gasteiger partial charge is 0.166 e. The zero-order chi connectivity index (χ0) is 12.3. The van der Waals surface area contributed by atoms with E-state index >= 15 is 0 Å². The fourth-order valence-corrected chi connectivity index (χ4v) is 1.48. The van der Waals surface area contributed by atoms with E-state index in [0.29, 0.717) is 22.6 Å². The Kier molecular flexibility index (Phi) is 3.41. The molecule has 4 heteroatoms. The van der Waals surface area contributed by atoms with Crippen LogP contribution in [-0.2, 0) is 5.60 Å². The molecular formula is C12H15NO3. The van der Waals surface area contributed by atoms with Crippen LogP contribution in [0.2, 0.25) is 0 Å². The van der Waals surface area contributed by atoms with Gasteiger partial charge in [0.2, 0.25) is 0 Å². The molecule has 0 aliphatic rings. The Labute approximate surface area is 95.0 Å². The normalized spacial score (nSPS) is 10.8. The molecule has 0 bridgehead atoms. The van der Waals surface area contributed by atoms with Gasteiger partial charge in [0.15, 0.2) is 11.5 Å². The minimum absolute atomic E-state index is 0.426. The number of rotatable bonds is 3. The first-order valence-electron chi connectivity index (χ1n) is 4.83. The minimum atomic E-state index is -1.09. The van der Waals surface area contributed by atoms with Crippen molar-refractivity contribution < 1.29 is 14.6 Å². The largest absolute Gasteiger partial charge is 0.493 e. The second kappa shape index (κ2) is 4.42. The number of aliphatic hydroxyl groups is 1. The quantitative estimate of drug-likeness (QED) is 0.845. The fraction of sp³-hybridized carbons (Fsp3) is 0.417. The Morgan fingerprint density at radius 1 is 1.25 bits per heavy atom. The molecule has 1 rings (SSSR count). The molecule has 0 radical (unpaired) electrons. The summed E-state index contributed by atoms with van der Waals surface area (Å²) in [5.41, 5.74) is -0.133. The van der Waals surface area contributed by atoms with E-state index in [1.54, 1.807) is 26.0 Å². The molecule has 0 amide bonds. The third-order valence-corrected chi connectivity index (χ3v) is 2.27. The van der Waals surface area contributed by atoms with Crippen LogP contribution in [0.3, 0.4) is 0 Å². The van der Waals surface area contributed by atoms with E-state index in [4.69, 9.17) is 14.7 Å². The summed E-state index contributed by atoms with van der Waals surface area (Å²) < 4.78 is 10.3. The maximum atomic E-state index is 10.00. The van der Waals surface area contributed by atoms with Crippen molar-refractivity contribution in [2.24, 2.45) is 0 Å². The molecule has 0 aliphatic heterocycles. The summed E-state index contributed by atoms with van der Waals surface area (Å²) in [6, 6.07) is 5.19. The number of nitriles is 1. The predicted molar refractivity (Wildman–Crippen MR) is 59.5 cm³/mol. The third kappa shape index (κ3) is 2.26. The standard InChI is InChI=1S/C12H15NO3/c1-12(2,14)9-5-8(7-13)6-10(15-3)11(9)16-4/h5-6,14H,1-4H3. The lowest BCUT2D eigenvalue weighted by atomic mass is 9.95. The lowest BCUT2D eigenvalue weighted by molar-refractivity contribution is 0.0751. The van der Waals surface area contributed by atoms with E-state index in [2.05, 4.69) is 0 Å². The molecule has 0 saturated heterocycles. The maximum absolute atomic E-state index is 10.00. The Bertz CT molecular complexity index is 427. The predicted octanol–water partition coefficient (Wildman–Crippen LogP) is 1.80. The molecule has 1 aromatic carbocycles. The highest BCUT2D eigenvalue weighted by Crippen LogP contribution is 2.38. The highest BCUT2D eigenvalue weighted by Gasteiger charge is 2.24. The van der Waals surface area contributed by atoms with Crippen molar-refractivity contribution in [1.82, 2.24) is 0 Å². The summed E-state index contributed by atoms with van der Waals surface area (Å²) in [5.74, 6) is 0.896. The van der Waals surface area contributed by atoms with Gasteiger partial charge in [-0.15, -0.1) is 0 Å². The van der Waals surface area contributed by atoms with Crippen molar-refractivity contribution in [3.63, 3.8) is 0 Å². The number of methoxy groups -OCH3 is 2. The summed E-state index contributed by atoms with van der Waals surface area (Å²) in [4.78, 5) is 0. The average Bonchev–Trinajstić information content (AvgIpc) is 2.25. The summed E-state index contributed by atoms with van der Waals surface area (Å²) in [5, 5.41) is 18.9. The number of ether oxygens (including phenoxy) is 2. The molecule has 16 heavy (non-hydrogen) atoms. The molecule has 86 valence electrons. The van der Waals surface area contributed by atoms with Crippen LogP contribution in [0.4, 0.5) is 0 Å².